The second-order valence-electron chi connectivity index (χ2n) is 5.58. The molecule has 1 fully saturated rings. The van der Waals surface area contributed by atoms with Gasteiger partial charge in [0.1, 0.15) is 11.9 Å². The number of carbonyl (C=O) groups is 1. The molecule has 10 heteroatoms. The van der Waals surface area contributed by atoms with Gasteiger partial charge in [0.15, 0.2) is 0 Å². The van der Waals surface area contributed by atoms with E-state index in [-0.39, 0.29) is 12.5 Å². The monoisotopic (exact) mass is 358 g/mol. The van der Waals surface area contributed by atoms with Crippen molar-refractivity contribution in [2.45, 2.75) is 37.3 Å². The first-order chi connectivity index (χ1) is 10.9. The normalized spacial score (nSPS) is 22.6. The van der Waals surface area contributed by atoms with E-state index >= 15 is 0 Å². The van der Waals surface area contributed by atoms with Gasteiger partial charge >= 0.3 is 12.4 Å². The highest BCUT2D eigenvalue weighted by atomic mass is 19.4. The summed E-state index contributed by atoms with van der Waals surface area (Å²) in [6.45, 7) is -0.471. The molecule has 0 spiro atoms. The largest absolute Gasteiger partial charge is 0.416 e. The second-order valence-corrected chi connectivity index (χ2v) is 5.58. The smallest absolute Gasteiger partial charge is 0.326 e. The van der Waals surface area contributed by atoms with Gasteiger partial charge in [-0.1, -0.05) is 0 Å². The summed E-state index contributed by atoms with van der Waals surface area (Å²) in [5.74, 6) is -2.70. The van der Waals surface area contributed by atoms with Crippen LogP contribution in [0, 0.1) is 5.82 Å². The minimum Gasteiger partial charge on any atom is -0.326 e. The number of alkyl halides is 6. The third-order valence-corrected chi connectivity index (χ3v) is 3.73. The van der Waals surface area contributed by atoms with E-state index in [1.807, 2.05) is 0 Å². The molecule has 0 radical (unpaired) electrons. The zero-order valence-electron chi connectivity index (χ0n) is 12.1. The van der Waals surface area contributed by atoms with Gasteiger partial charge in [0.25, 0.3) is 5.91 Å². The lowest BCUT2D eigenvalue weighted by Gasteiger charge is -2.39. The molecule has 0 bridgehead atoms. The molecule has 2 atom stereocenters. The third kappa shape index (κ3) is 3.97. The number of piperidine rings is 1. The molecule has 2 N–H and O–H groups in total. The minimum atomic E-state index is -4.93. The lowest BCUT2D eigenvalue weighted by molar-refractivity contribution is -0.184. The molecule has 1 saturated heterocycles. The zero-order valence-corrected chi connectivity index (χ0v) is 12.1. The Bertz CT molecular complexity index is 627. The first-order valence-corrected chi connectivity index (χ1v) is 6.90. The van der Waals surface area contributed by atoms with Gasteiger partial charge in [-0.25, -0.2) is 4.39 Å². The van der Waals surface area contributed by atoms with Crippen LogP contribution in [0.1, 0.15) is 28.8 Å². The number of halogens is 7. The van der Waals surface area contributed by atoms with Gasteiger partial charge in [0, 0.05) is 18.2 Å². The Balaban J connectivity index is 2.40. The Labute approximate surface area is 132 Å². The summed E-state index contributed by atoms with van der Waals surface area (Å²) in [6.07, 6.45) is -10.1. The minimum absolute atomic E-state index is 0.0188. The summed E-state index contributed by atoms with van der Waals surface area (Å²) in [4.78, 5) is 12.6. The molecule has 134 valence electrons. The predicted molar refractivity (Wildman–Crippen MR) is 69.5 cm³/mol. The highest BCUT2D eigenvalue weighted by Crippen LogP contribution is 2.34. The van der Waals surface area contributed by atoms with Gasteiger partial charge in [0.2, 0.25) is 0 Å². The first-order valence-electron chi connectivity index (χ1n) is 6.90. The summed E-state index contributed by atoms with van der Waals surface area (Å²) in [6, 6.07) is -1.92. The molecular weight excluding hydrogens is 345 g/mol. The molecule has 1 aliphatic rings. The Hall–Kier alpha value is -1.84. The fourth-order valence-electron chi connectivity index (χ4n) is 2.61. The molecule has 1 aliphatic heterocycles. The number of nitrogens with two attached hydrogens (primary N) is 1. The van der Waals surface area contributed by atoms with Crippen LogP contribution in [-0.2, 0) is 6.18 Å². The molecule has 0 saturated carbocycles. The summed E-state index contributed by atoms with van der Waals surface area (Å²) in [7, 11) is 0. The Morgan fingerprint density at radius 1 is 1.08 bits per heavy atom. The van der Waals surface area contributed by atoms with Gasteiger partial charge in [-0.15, -0.1) is 0 Å². The number of amides is 1. The van der Waals surface area contributed by atoms with E-state index < -0.39 is 60.3 Å². The van der Waals surface area contributed by atoms with Crippen LogP contribution in [0.4, 0.5) is 30.7 Å². The van der Waals surface area contributed by atoms with Crippen molar-refractivity contribution in [3.05, 3.63) is 35.1 Å². The van der Waals surface area contributed by atoms with Gasteiger partial charge in [-0.2, -0.15) is 26.3 Å². The van der Waals surface area contributed by atoms with Crippen molar-refractivity contribution < 1.29 is 35.5 Å². The van der Waals surface area contributed by atoms with Crippen molar-refractivity contribution >= 4 is 5.91 Å². The summed E-state index contributed by atoms with van der Waals surface area (Å²) in [5, 5.41) is 0. The van der Waals surface area contributed by atoms with E-state index in [4.69, 9.17) is 5.73 Å². The standard InChI is InChI=1S/C14H13F7N2O/c15-9-4-7(3-8(5-9)13(16,17)18)12(24)23-6-10(22)1-2-11(23)14(19,20)21/h3-5,10-11H,1-2,6,22H2. The number of rotatable bonds is 1. The Morgan fingerprint density at radius 3 is 2.25 bits per heavy atom. The number of hydrogen-bond donors (Lipinski definition) is 1. The fraction of sp³-hybridized carbons (Fsp3) is 0.500. The molecule has 2 unspecified atom stereocenters. The van der Waals surface area contributed by atoms with Gasteiger partial charge in [-0.05, 0) is 31.0 Å². The highest BCUT2D eigenvalue weighted by molar-refractivity contribution is 5.94. The lowest BCUT2D eigenvalue weighted by Crippen LogP contribution is -2.56. The van der Waals surface area contributed by atoms with Crippen molar-refractivity contribution in [2.24, 2.45) is 5.73 Å². The van der Waals surface area contributed by atoms with Crippen LogP contribution in [0.5, 0.6) is 0 Å². The molecule has 1 heterocycles. The van der Waals surface area contributed by atoms with Crippen LogP contribution in [0.25, 0.3) is 0 Å². The van der Waals surface area contributed by atoms with Gasteiger partial charge in [-0.3, -0.25) is 4.79 Å². The molecule has 2 rings (SSSR count). The number of benzene rings is 1. The van der Waals surface area contributed by atoms with E-state index in [0.29, 0.717) is 17.0 Å². The maximum absolute atomic E-state index is 13.4. The van der Waals surface area contributed by atoms with Gasteiger partial charge in [0.05, 0.1) is 5.56 Å². The molecular formula is C14H13F7N2O. The number of nitrogens with zero attached hydrogens (tertiary/aromatic N) is 1. The SMILES string of the molecule is NC1CCC(C(F)(F)F)N(C(=O)c2cc(F)cc(C(F)(F)F)c2)C1. The topological polar surface area (TPSA) is 46.3 Å². The lowest BCUT2D eigenvalue weighted by atomic mass is 9.97. The van der Waals surface area contributed by atoms with Crippen LogP contribution in [0.15, 0.2) is 18.2 Å². The number of carbonyl (C=O) groups excluding carboxylic acids is 1. The first kappa shape index (κ1) is 18.5. The molecule has 1 amide bonds. The zero-order chi connectivity index (χ0) is 18.3. The molecule has 3 nitrogen and oxygen atoms in total. The van der Waals surface area contributed by atoms with Crippen molar-refractivity contribution in [1.29, 1.82) is 0 Å². The van der Waals surface area contributed by atoms with Crippen molar-refractivity contribution in [3.8, 4) is 0 Å². The molecule has 1 aromatic rings. The van der Waals surface area contributed by atoms with E-state index in [0.717, 1.165) is 0 Å². The average molecular weight is 358 g/mol. The van der Waals surface area contributed by atoms with Crippen LogP contribution in [-0.4, -0.2) is 35.6 Å². The van der Waals surface area contributed by atoms with Crippen molar-refractivity contribution in [3.63, 3.8) is 0 Å². The van der Waals surface area contributed by atoms with Crippen molar-refractivity contribution in [2.75, 3.05) is 6.54 Å². The van der Waals surface area contributed by atoms with Crippen LogP contribution < -0.4 is 5.73 Å². The van der Waals surface area contributed by atoms with E-state index in [2.05, 4.69) is 0 Å². The predicted octanol–water partition coefficient (Wildman–Crippen LogP) is 3.34. The van der Waals surface area contributed by atoms with Crippen molar-refractivity contribution in [1.82, 2.24) is 4.90 Å². The number of hydrogen-bond acceptors (Lipinski definition) is 2. The summed E-state index contributed by atoms with van der Waals surface area (Å²) in [5.41, 5.74) is 3.31. The summed E-state index contributed by atoms with van der Waals surface area (Å²) < 4.78 is 90.6. The molecule has 0 aliphatic carbocycles. The quantitative estimate of drug-likeness (QED) is 0.783. The van der Waals surface area contributed by atoms with E-state index in [1.54, 1.807) is 0 Å². The maximum Gasteiger partial charge on any atom is 0.416 e. The van der Waals surface area contributed by atoms with Crippen LogP contribution in [0.3, 0.4) is 0 Å². The molecule has 24 heavy (non-hydrogen) atoms. The average Bonchev–Trinajstić information content (AvgIpc) is 2.43. The Kier molecular flexibility index (Phi) is 4.80. The van der Waals surface area contributed by atoms with Gasteiger partial charge < -0.3 is 10.6 Å². The van der Waals surface area contributed by atoms with E-state index in [9.17, 15) is 35.5 Å². The molecule has 1 aromatic carbocycles. The Morgan fingerprint density at radius 2 is 1.71 bits per heavy atom. The summed E-state index contributed by atoms with van der Waals surface area (Å²) >= 11 is 0. The molecule has 0 aromatic heterocycles. The van der Waals surface area contributed by atoms with E-state index in [1.165, 1.54) is 0 Å². The number of likely N-dealkylation sites (tertiary alicyclic amines) is 1. The fourth-order valence-corrected chi connectivity index (χ4v) is 2.61. The third-order valence-electron chi connectivity index (χ3n) is 3.73. The second kappa shape index (κ2) is 6.23. The highest BCUT2D eigenvalue weighted by Gasteiger charge is 2.48. The van der Waals surface area contributed by atoms with Crippen LogP contribution >= 0.6 is 0 Å². The van der Waals surface area contributed by atoms with Crippen LogP contribution in [0.2, 0.25) is 0 Å². The maximum atomic E-state index is 13.4.